The van der Waals surface area contributed by atoms with Crippen LogP contribution in [0.1, 0.15) is 25.3 Å². The Morgan fingerprint density at radius 1 is 1.33 bits per heavy atom. The second kappa shape index (κ2) is 8.35. The van der Waals surface area contributed by atoms with Crippen LogP contribution in [-0.2, 0) is 12.1 Å². The van der Waals surface area contributed by atoms with E-state index in [1.54, 1.807) is 32.2 Å². The molecule has 2 rings (SSSR count). The van der Waals surface area contributed by atoms with E-state index in [0.29, 0.717) is 30.7 Å². The molecule has 24 heavy (non-hydrogen) atoms. The summed E-state index contributed by atoms with van der Waals surface area (Å²) >= 11 is 0. The van der Waals surface area contributed by atoms with Crippen molar-refractivity contribution in [2.24, 2.45) is 4.99 Å². The maximum absolute atomic E-state index is 10.5. The highest BCUT2D eigenvalue weighted by atomic mass is 16.5. The molecule has 3 N–H and O–H groups in total. The quantitative estimate of drug-likeness (QED) is 0.527. The predicted molar refractivity (Wildman–Crippen MR) is 91.9 cm³/mol. The van der Waals surface area contributed by atoms with E-state index in [-0.39, 0.29) is 6.54 Å². The lowest BCUT2D eigenvalue weighted by atomic mass is 10.0. The fourth-order valence-electron chi connectivity index (χ4n) is 2.09. The first-order valence-electron chi connectivity index (χ1n) is 7.83. The van der Waals surface area contributed by atoms with Gasteiger partial charge < -0.3 is 24.9 Å². The molecule has 2 aromatic heterocycles. The standard InChI is InChI=1S/C17H24N4O3/c1-4-18-16(19-11-13-7-5-9-15(21-13)23-3)20-12-17(2,22)14-8-6-10-24-14/h5-10,22H,4,11-12H2,1-3H3,(H2,18,19,20). The van der Waals surface area contributed by atoms with Crippen molar-refractivity contribution >= 4 is 5.96 Å². The summed E-state index contributed by atoms with van der Waals surface area (Å²) < 4.78 is 10.4. The van der Waals surface area contributed by atoms with Gasteiger partial charge in [0.1, 0.15) is 11.4 Å². The molecule has 0 aliphatic carbocycles. The number of methoxy groups -OCH3 is 1. The van der Waals surface area contributed by atoms with Crippen LogP contribution in [-0.4, -0.2) is 36.2 Å². The van der Waals surface area contributed by atoms with Crippen LogP contribution in [0.2, 0.25) is 0 Å². The molecule has 0 saturated heterocycles. The normalized spacial score (nSPS) is 14.1. The Bertz CT molecular complexity index is 654. The molecule has 0 aromatic carbocycles. The van der Waals surface area contributed by atoms with E-state index in [1.165, 1.54) is 6.26 Å². The van der Waals surface area contributed by atoms with Gasteiger partial charge in [0.05, 0.1) is 32.2 Å². The zero-order chi connectivity index (χ0) is 17.4. The predicted octanol–water partition coefficient (Wildman–Crippen LogP) is 1.65. The number of pyridine rings is 1. The SMILES string of the molecule is CCNC(=NCc1cccc(OC)n1)NCC(C)(O)c1ccco1. The first-order chi connectivity index (χ1) is 11.5. The minimum Gasteiger partial charge on any atom is -0.481 e. The molecule has 2 aromatic rings. The Balaban J connectivity index is 2.00. The third kappa shape index (κ3) is 4.99. The summed E-state index contributed by atoms with van der Waals surface area (Å²) in [4.78, 5) is 8.80. The lowest BCUT2D eigenvalue weighted by Gasteiger charge is -2.22. The van der Waals surface area contributed by atoms with E-state index in [1.807, 2.05) is 19.1 Å². The number of nitrogens with one attached hydrogen (secondary N) is 2. The van der Waals surface area contributed by atoms with Crippen molar-refractivity contribution in [3.8, 4) is 5.88 Å². The van der Waals surface area contributed by atoms with Crippen LogP contribution in [0, 0.1) is 0 Å². The summed E-state index contributed by atoms with van der Waals surface area (Å²) in [7, 11) is 1.58. The third-order valence-electron chi connectivity index (χ3n) is 3.39. The van der Waals surface area contributed by atoms with Crippen molar-refractivity contribution in [2.45, 2.75) is 26.0 Å². The maximum Gasteiger partial charge on any atom is 0.213 e. The lowest BCUT2D eigenvalue weighted by molar-refractivity contribution is 0.0386. The fourth-order valence-corrected chi connectivity index (χ4v) is 2.09. The largest absolute Gasteiger partial charge is 0.481 e. The van der Waals surface area contributed by atoms with Gasteiger partial charge >= 0.3 is 0 Å². The van der Waals surface area contributed by atoms with E-state index in [4.69, 9.17) is 9.15 Å². The number of furan rings is 1. The topological polar surface area (TPSA) is 91.9 Å². The van der Waals surface area contributed by atoms with Gasteiger partial charge in [-0.05, 0) is 32.0 Å². The molecular formula is C17H24N4O3. The third-order valence-corrected chi connectivity index (χ3v) is 3.39. The summed E-state index contributed by atoms with van der Waals surface area (Å²) in [5, 5.41) is 16.7. The van der Waals surface area contributed by atoms with Gasteiger partial charge in [-0.15, -0.1) is 0 Å². The van der Waals surface area contributed by atoms with Crippen molar-refractivity contribution in [1.29, 1.82) is 0 Å². The van der Waals surface area contributed by atoms with Gasteiger partial charge in [0.25, 0.3) is 0 Å². The molecular weight excluding hydrogens is 308 g/mol. The van der Waals surface area contributed by atoms with Gasteiger partial charge in [-0.25, -0.2) is 9.98 Å². The first kappa shape index (κ1) is 17.8. The number of rotatable bonds is 7. The number of hydrogen-bond acceptors (Lipinski definition) is 5. The summed E-state index contributed by atoms with van der Waals surface area (Å²) in [6.45, 7) is 5.03. The average molecular weight is 332 g/mol. The monoisotopic (exact) mass is 332 g/mol. The van der Waals surface area contributed by atoms with Gasteiger partial charge in [-0.1, -0.05) is 6.07 Å². The fraction of sp³-hybridized carbons (Fsp3) is 0.412. The lowest BCUT2D eigenvalue weighted by Crippen LogP contribution is -2.44. The Morgan fingerprint density at radius 3 is 2.83 bits per heavy atom. The van der Waals surface area contributed by atoms with E-state index >= 15 is 0 Å². The van der Waals surface area contributed by atoms with Crippen LogP contribution in [0.5, 0.6) is 5.88 Å². The van der Waals surface area contributed by atoms with E-state index < -0.39 is 5.60 Å². The van der Waals surface area contributed by atoms with Crippen LogP contribution in [0.4, 0.5) is 0 Å². The molecule has 0 aliphatic heterocycles. The Kier molecular flexibility index (Phi) is 6.20. The van der Waals surface area contributed by atoms with Gasteiger partial charge in [0.2, 0.25) is 5.88 Å². The Hall–Kier alpha value is -2.54. The van der Waals surface area contributed by atoms with Crippen LogP contribution >= 0.6 is 0 Å². The van der Waals surface area contributed by atoms with Crippen LogP contribution < -0.4 is 15.4 Å². The van der Waals surface area contributed by atoms with Crippen molar-refractivity contribution in [2.75, 3.05) is 20.2 Å². The van der Waals surface area contributed by atoms with Crippen molar-refractivity contribution in [3.05, 3.63) is 48.0 Å². The second-order valence-electron chi connectivity index (χ2n) is 5.47. The summed E-state index contributed by atoms with van der Waals surface area (Å²) in [6.07, 6.45) is 1.54. The summed E-state index contributed by atoms with van der Waals surface area (Å²) in [5.41, 5.74) is -0.335. The molecule has 0 aliphatic rings. The number of ether oxygens (including phenoxy) is 1. The molecule has 0 radical (unpaired) electrons. The number of aliphatic hydroxyl groups is 1. The smallest absolute Gasteiger partial charge is 0.213 e. The van der Waals surface area contributed by atoms with E-state index in [2.05, 4.69) is 20.6 Å². The molecule has 2 heterocycles. The molecule has 1 atom stereocenters. The van der Waals surface area contributed by atoms with Gasteiger partial charge in [-0.2, -0.15) is 0 Å². The van der Waals surface area contributed by atoms with Crippen molar-refractivity contribution in [1.82, 2.24) is 15.6 Å². The minimum atomic E-state index is -1.13. The molecule has 0 amide bonds. The Morgan fingerprint density at radius 2 is 2.17 bits per heavy atom. The van der Waals surface area contributed by atoms with Crippen LogP contribution in [0.25, 0.3) is 0 Å². The van der Waals surface area contributed by atoms with Crippen LogP contribution in [0.3, 0.4) is 0 Å². The number of guanidine groups is 1. The molecule has 7 nitrogen and oxygen atoms in total. The number of aromatic nitrogens is 1. The zero-order valence-electron chi connectivity index (χ0n) is 14.2. The molecule has 7 heteroatoms. The van der Waals surface area contributed by atoms with Gasteiger partial charge in [0.15, 0.2) is 5.96 Å². The molecule has 0 fully saturated rings. The molecule has 1 unspecified atom stereocenters. The van der Waals surface area contributed by atoms with Crippen LogP contribution in [0.15, 0.2) is 46.0 Å². The summed E-state index contributed by atoms with van der Waals surface area (Å²) in [5.74, 6) is 1.65. The van der Waals surface area contributed by atoms with E-state index in [9.17, 15) is 5.11 Å². The molecule has 0 spiro atoms. The number of nitrogens with zero attached hydrogens (tertiary/aromatic N) is 2. The summed E-state index contributed by atoms with van der Waals surface area (Å²) in [6, 6.07) is 9.04. The second-order valence-corrected chi connectivity index (χ2v) is 5.47. The number of aliphatic imine (C=N–C) groups is 1. The highest BCUT2D eigenvalue weighted by Gasteiger charge is 2.26. The Labute approximate surface area is 141 Å². The zero-order valence-corrected chi connectivity index (χ0v) is 14.2. The highest BCUT2D eigenvalue weighted by Crippen LogP contribution is 2.19. The van der Waals surface area contributed by atoms with Gasteiger partial charge in [0, 0.05) is 12.6 Å². The van der Waals surface area contributed by atoms with E-state index in [0.717, 1.165) is 5.69 Å². The maximum atomic E-state index is 10.5. The molecule has 130 valence electrons. The highest BCUT2D eigenvalue weighted by molar-refractivity contribution is 5.79. The minimum absolute atomic E-state index is 0.262. The average Bonchev–Trinajstić information content (AvgIpc) is 3.13. The molecule has 0 saturated carbocycles. The van der Waals surface area contributed by atoms with Crippen molar-refractivity contribution in [3.63, 3.8) is 0 Å². The number of hydrogen-bond donors (Lipinski definition) is 3. The first-order valence-corrected chi connectivity index (χ1v) is 7.83. The van der Waals surface area contributed by atoms with Crippen molar-refractivity contribution < 1.29 is 14.3 Å². The molecule has 0 bridgehead atoms. The van der Waals surface area contributed by atoms with Gasteiger partial charge in [-0.3, -0.25) is 0 Å².